The van der Waals surface area contributed by atoms with E-state index in [-0.39, 0.29) is 11.8 Å². The van der Waals surface area contributed by atoms with Crippen LogP contribution in [0.15, 0.2) is 18.3 Å². The quantitative estimate of drug-likeness (QED) is 0.601. The van der Waals surface area contributed by atoms with Crippen molar-refractivity contribution in [2.75, 3.05) is 18.8 Å². The lowest BCUT2D eigenvalue weighted by Crippen LogP contribution is -2.55. The Labute approximate surface area is 120 Å². The molecule has 8 heteroatoms. The van der Waals surface area contributed by atoms with Gasteiger partial charge in [-0.2, -0.15) is 0 Å². The number of hydrogen-bond donors (Lipinski definition) is 3. The molecule has 0 aliphatic carbocycles. The van der Waals surface area contributed by atoms with E-state index < -0.39 is 11.6 Å². The number of nitrogen functional groups attached to an aromatic ring is 1. The Kier molecular flexibility index (Phi) is 3.00. The van der Waals surface area contributed by atoms with Gasteiger partial charge in [0.2, 0.25) is 0 Å². The molecule has 0 radical (unpaired) electrons. The molecule has 0 unspecified atom stereocenters. The predicted octanol–water partition coefficient (Wildman–Crippen LogP) is -0.522. The summed E-state index contributed by atoms with van der Waals surface area (Å²) in [6, 6.07) is 2.72. The highest BCUT2D eigenvalue weighted by molar-refractivity contribution is 6.07. The minimum atomic E-state index is -0.873. The van der Waals surface area contributed by atoms with Crippen molar-refractivity contribution in [3.05, 3.63) is 24.0 Å². The fourth-order valence-corrected chi connectivity index (χ4v) is 2.67. The van der Waals surface area contributed by atoms with Crippen molar-refractivity contribution < 1.29 is 14.4 Å². The Bertz CT molecular complexity index is 605. The van der Waals surface area contributed by atoms with E-state index in [0.29, 0.717) is 37.3 Å². The normalized spacial score (nSPS) is 20.3. The summed E-state index contributed by atoms with van der Waals surface area (Å²) in [6.45, 7) is 0.775. The lowest BCUT2D eigenvalue weighted by Gasteiger charge is -2.36. The Morgan fingerprint density at radius 3 is 2.52 bits per heavy atom. The number of piperidine rings is 1. The van der Waals surface area contributed by atoms with Crippen molar-refractivity contribution in [2.45, 2.75) is 18.4 Å². The maximum Gasteiger partial charge on any atom is 0.322 e. The smallest absolute Gasteiger partial charge is 0.322 e. The highest BCUT2D eigenvalue weighted by Crippen LogP contribution is 2.26. The molecule has 110 valence electrons. The summed E-state index contributed by atoms with van der Waals surface area (Å²) >= 11 is 0. The molecule has 0 aromatic carbocycles. The van der Waals surface area contributed by atoms with Crippen molar-refractivity contribution in [3.63, 3.8) is 0 Å². The lowest BCUT2D eigenvalue weighted by atomic mass is 9.87. The monoisotopic (exact) mass is 289 g/mol. The van der Waals surface area contributed by atoms with Gasteiger partial charge in [0.25, 0.3) is 11.8 Å². The number of carbonyl (C=O) groups is 3. The maximum absolute atomic E-state index is 12.3. The second-order valence-corrected chi connectivity index (χ2v) is 5.26. The summed E-state index contributed by atoms with van der Waals surface area (Å²) in [6.07, 6.45) is 2.22. The maximum atomic E-state index is 12.3. The van der Waals surface area contributed by atoms with Crippen molar-refractivity contribution in [3.8, 4) is 0 Å². The third-order valence-electron chi connectivity index (χ3n) is 3.92. The molecule has 0 atom stereocenters. The molecule has 2 fully saturated rings. The minimum Gasteiger partial charge on any atom is -0.397 e. The van der Waals surface area contributed by atoms with E-state index in [1.165, 1.54) is 6.20 Å². The number of pyridine rings is 1. The van der Waals surface area contributed by atoms with Gasteiger partial charge in [-0.25, -0.2) is 9.78 Å². The number of aromatic nitrogens is 1. The van der Waals surface area contributed by atoms with Gasteiger partial charge in [0.05, 0.1) is 11.9 Å². The molecular formula is C13H15N5O3. The molecule has 8 nitrogen and oxygen atoms in total. The molecule has 21 heavy (non-hydrogen) atoms. The molecular weight excluding hydrogens is 274 g/mol. The van der Waals surface area contributed by atoms with Gasteiger partial charge in [0.1, 0.15) is 11.2 Å². The lowest BCUT2D eigenvalue weighted by molar-refractivity contribution is -0.125. The van der Waals surface area contributed by atoms with E-state index in [9.17, 15) is 14.4 Å². The summed E-state index contributed by atoms with van der Waals surface area (Å²) in [5.41, 5.74) is 5.48. The van der Waals surface area contributed by atoms with Crippen LogP contribution >= 0.6 is 0 Å². The van der Waals surface area contributed by atoms with Gasteiger partial charge in [-0.1, -0.05) is 0 Å². The fraction of sp³-hybridized carbons (Fsp3) is 0.385. The summed E-state index contributed by atoms with van der Waals surface area (Å²) < 4.78 is 0. The number of imide groups is 1. The number of hydrogen-bond acceptors (Lipinski definition) is 5. The minimum absolute atomic E-state index is 0.199. The number of urea groups is 1. The number of nitrogens with one attached hydrogen (secondary N) is 2. The highest BCUT2D eigenvalue weighted by atomic mass is 16.2. The van der Waals surface area contributed by atoms with Crippen LogP contribution in [0.2, 0.25) is 0 Å². The molecule has 4 N–H and O–H groups in total. The Hall–Kier alpha value is -2.64. The van der Waals surface area contributed by atoms with Crippen molar-refractivity contribution >= 4 is 23.5 Å². The van der Waals surface area contributed by atoms with E-state index in [4.69, 9.17) is 5.73 Å². The van der Waals surface area contributed by atoms with Crippen LogP contribution in [0.25, 0.3) is 0 Å². The molecule has 1 aromatic heterocycles. The third kappa shape index (κ3) is 2.28. The number of amides is 4. The fourth-order valence-electron chi connectivity index (χ4n) is 2.67. The Morgan fingerprint density at radius 2 is 2.00 bits per heavy atom. The Morgan fingerprint density at radius 1 is 1.29 bits per heavy atom. The highest BCUT2D eigenvalue weighted by Gasteiger charge is 2.48. The van der Waals surface area contributed by atoms with Gasteiger partial charge in [-0.15, -0.1) is 0 Å². The standard InChI is InChI=1S/C13H15N5O3/c14-8-1-2-9(15-7-8)10(19)18-5-3-13(4-6-18)11(20)16-12(21)17-13/h1-2,7H,3-6,14H2,(H2,16,17,20,21). The van der Waals surface area contributed by atoms with E-state index in [1.807, 2.05) is 0 Å². The van der Waals surface area contributed by atoms with Crippen molar-refractivity contribution in [1.29, 1.82) is 0 Å². The first kappa shape index (κ1) is 13.3. The van der Waals surface area contributed by atoms with Crippen LogP contribution in [0.4, 0.5) is 10.5 Å². The van der Waals surface area contributed by atoms with Gasteiger partial charge in [-0.05, 0) is 25.0 Å². The second kappa shape index (κ2) is 4.72. The molecule has 2 saturated heterocycles. The molecule has 1 spiro atoms. The third-order valence-corrected chi connectivity index (χ3v) is 3.92. The van der Waals surface area contributed by atoms with E-state index in [2.05, 4.69) is 15.6 Å². The van der Waals surface area contributed by atoms with Gasteiger partial charge in [-0.3, -0.25) is 14.9 Å². The van der Waals surface area contributed by atoms with E-state index in [1.54, 1.807) is 17.0 Å². The molecule has 0 bridgehead atoms. The molecule has 3 rings (SSSR count). The van der Waals surface area contributed by atoms with Crippen LogP contribution in [0, 0.1) is 0 Å². The number of nitrogens with two attached hydrogens (primary N) is 1. The number of likely N-dealkylation sites (tertiary alicyclic amines) is 1. The van der Waals surface area contributed by atoms with Crippen LogP contribution in [-0.2, 0) is 4.79 Å². The molecule has 3 heterocycles. The number of anilines is 1. The van der Waals surface area contributed by atoms with Crippen LogP contribution in [-0.4, -0.2) is 46.4 Å². The van der Waals surface area contributed by atoms with E-state index in [0.717, 1.165) is 0 Å². The largest absolute Gasteiger partial charge is 0.397 e. The van der Waals surface area contributed by atoms with Gasteiger partial charge in [0, 0.05) is 13.1 Å². The van der Waals surface area contributed by atoms with Gasteiger partial charge >= 0.3 is 6.03 Å². The van der Waals surface area contributed by atoms with Crippen molar-refractivity contribution in [2.24, 2.45) is 0 Å². The van der Waals surface area contributed by atoms with Crippen LogP contribution in [0.5, 0.6) is 0 Å². The number of rotatable bonds is 1. The molecule has 4 amide bonds. The van der Waals surface area contributed by atoms with Crippen LogP contribution in [0.1, 0.15) is 23.3 Å². The molecule has 0 saturated carbocycles. The van der Waals surface area contributed by atoms with Crippen LogP contribution < -0.4 is 16.4 Å². The topological polar surface area (TPSA) is 117 Å². The zero-order chi connectivity index (χ0) is 15.0. The first-order chi connectivity index (χ1) is 10.00. The average molecular weight is 289 g/mol. The Balaban J connectivity index is 1.68. The summed E-state index contributed by atoms with van der Waals surface area (Å²) in [5, 5.41) is 4.90. The summed E-state index contributed by atoms with van der Waals surface area (Å²) in [4.78, 5) is 41.0. The first-order valence-corrected chi connectivity index (χ1v) is 6.65. The van der Waals surface area contributed by atoms with E-state index >= 15 is 0 Å². The molecule has 2 aliphatic rings. The zero-order valence-electron chi connectivity index (χ0n) is 11.3. The molecule has 2 aliphatic heterocycles. The number of carbonyl (C=O) groups excluding carboxylic acids is 3. The predicted molar refractivity (Wildman–Crippen MR) is 73.2 cm³/mol. The van der Waals surface area contributed by atoms with Crippen LogP contribution in [0.3, 0.4) is 0 Å². The summed E-state index contributed by atoms with van der Waals surface area (Å²) in [5.74, 6) is -0.514. The molecule has 1 aromatic rings. The van der Waals surface area contributed by atoms with Gasteiger partial charge in [0.15, 0.2) is 0 Å². The van der Waals surface area contributed by atoms with Gasteiger partial charge < -0.3 is 16.0 Å². The van der Waals surface area contributed by atoms with Crippen molar-refractivity contribution in [1.82, 2.24) is 20.5 Å². The SMILES string of the molecule is Nc1ccc(C(=O)N2CCC3(CC2)NC(=O)NC3=O)nc1. The average Bonchev–Trinajstić information content (AvgIpc) is 2.74. The number of nitrogens with zero attached hydrogens (tertiary/aromatic N) is 2. The first-order valence-electron chi connectivity index (χ1n) is 6.65. The second-order valence-electron chi connectivity index (χ2n) is 5.26. The zero-order valence-corrected chi connectivity index (χ0v) is 11.3. The summed E-state index contributed by atoms with van der Waals surface area (Å²) in [7, 11) is 0.